The molecule has 0 spiro atoms. The Morgan fingerprint density at radius 2 is 1.81 bits per heavy atom. The molecule has 37 heavy (non-hydrogen) atoms. The molecule has 8 heteroatoms. The van der Waals surface area contributed by atoms with Crippen LogP contribution in [0.25, 0.3) is 0 Å². The van der Waals surface area contributed by atoms with Crippen LogP contribution >= 0.6 is 0 Å². The molecule has 0 aromatic heterocycles. The summed E-state index contributed by atoms with van der Waals surface area (Å²) < 4.78 is 10.8. The van der Waals surface area contributed by atoms with Crippen molar-refractivity contribution < 1.29 is 29.0 Å². The number of rotatable bonds is 20. The normalized spacial score (nSPS) is 12.7. The molecule has 0 aliphatic heterocycles. The Hall–Kier alpha value is -2.97. The number of esters is 1. The Morgan fingerprint density at radius 1 is 1.08 bits per heavy atom. The van der Waals surface area contributed by atoms with Crippen molar-refractivity contribution >= 4 is 17.8 Å². The van der Waals surface area contributed by atoms with Gasteiger partial charge >= 0.3 is 5.97 Å². The third-order valence-electron chi connectivity index (χ3n) is 5.71. The highest BCUT2D eigenvalue weighted by Gasteiger charge is 2.29. The van der Waals surface area contributed by atoms with Crippen LogP contribution in [0.2, 0.25) is 0 Å². The topological polar surface area (TPSA) is 114 Å². The highest BCUT2D eigenvalue weighted by molar-refractivity contribution is 5.86. The molecule has 0 fully saturated rings. The van der Waals surface area contributed by atoms with Crippen LogP contribution in [-0.4, -0.2) is 61.4 Å². The van der Waals surface area contributed by atoms with Crippen LogP contribution in [-0.2, 0) is 30.3 Å². The minimum absolute atomic E-state index is 0.00380. The summed E-state index contributed by atoms with van der Waals surface area (Å²) in [5.74, 6) is -1.76. The molecule has 0 saturated carbocycles. The second kappa shape index (κ2) is 18.3. The summed E-state index contributed by atoms with van der Waals surface area (Å²) in [5, 5.41) is 14.3. The Bertz CT molecular complexity index is 840. The van der Waals surface area contributed by atoms with Gasteiger partial charge in [0.05, 0.1) is 37.2 Å². The summed E-state index contributed by atoms with van der Waals surface area (Å²) in [4.78, 5) is 38.2. The second-order valence-electron chi connectivity index (χ2n) is 9.70. The number of aliphatic hydroxyl groups is 1. The van der Waals surface area contributed by atoms with Gasteiger partial charge in [-0.25, -0.2) is 0 Å². The van der Waals surface area contributed by atoms with E-state index in [0.29, 0.717) is 25.8 Å². The summed E-state index contributed by atoms with van der Waals surface area (Å²) in [6.07, 6.45) is 6.72. The first-order chi connectivity index (χ1) is 17.7. The summed E-state index contributed by atoms with van der Waals surface area (Å²) in [7, 11) is 0. The number of allylic oxidation sites excluding steroid dienone is 2. The molecule has 0 radical (unpaired) electrons. The number of unbranched alkanes of at least 4 members (excludes halogenated alkanes) is 1. The number of amides is 2. The van der Waals surface area contributed by atoms with E-state index in [1.165, 1.54) is 0 Å². The van der Waals surface area contributed by atoms with Gasteiger partial charge in [0, 0.05) is 13.0 Å². The van der Waals surface area contributed by atoms with Gasteiger partial charge in [-0.05, 0) is 51.5 Å². The highest BCUT2D eigenvalue weighted by Crippen LogP contribution is 2.19. The number of hydrogen-bond donors (Lipinski definition) is 3. The molecule has 0 unspecified atom stereocenters. The van der Waals surface area contributed by atoms with Crippen LogP contribution in [0.3, 0.4) is 0 Å². The number of aliphatic hydroxyl groups excluding tert-OH is 1. The van der Waals surface area contributed by atoms with Gasteiger partial charge in [0.1, 0.15) is 6.61 Å². The molecule has 1 aromatic carbocycles. The lowest BCUT2D eigenvalue weighted by Crippen LogP contribution is -2.50. The fourth-order valence-electron chi connectivity index (χ4n) is 3.76. The molecule has 8 nitrogen and oxygen atoms in total. The maximum absolute atomic E-state index is 13.0. The van der Waals surface area contributed by atoms with E-state index in [1.807, 2.05) is 36.4 Å². The number of ether oxygens (including phenoxy) is 2. The van der Waals surface area contributed by atoms with Gasteiger partial charge in [-0.15, -0.1) is 13.2 Å². The van der Waals surface area contributed by atoms with Gasteiger partial charge in [0.15, 0.2) is 0 Å². The van der Waals surface area contributed by atoms with Gasteiger partial charge in [-0.1, -0.05) is 42.5 Å². The zero-order valence-electron chi connectivity index (χ0n) is 22.4. The standard InChI is InChI=1S/C29H44N2O6/c1-5-7-9-15-25(20-23-13-10-8-11-14-23)28(35)37-22-29(3,4)31-27(34)24(12-6-2)21-26(33)30-16-18-36-19-17-32/h5-6,8,10-11,13-14,24-25,32H,1-2,7,9,12,15-22H2,3-4H3,(H,30,33)(H,31,34)/t24-,25+/m0/s1. The van der Waals surface area contributed by atoms with Crippen LogP contribution in [0.15, 0.2) is 55.6 Å². The van der Waals surface area contributed by atoms with Crippen molar-refractivity contribution in [3.63, 3.8) is 0 Å². The number of benzene rings is 1. The molecule has 0 bridgehead atoms. The minimum Gasteiger partial charge on any atom is -0.463 e. The molecule has 0 aliphatic rings. The predicted molar refractivity (Wildman–Crippen MR) is 145 cm³/mol. The first-order valence-corrected chi connectivity index (χ1v) is 12.9. The molecule has 0 saturated heterocycles. The van der Waals surface area contributed by atoms with Crippen LogP contribution in [0, 0.1) is 11.8 Å². The van der Waals surface area contributed by atoms with Gasteiger partial charge in [0.2, 0.25) is 11.8 Å². The van der Waals surface area contributed by atoms with Crippen molar-refractivity contribution in [2.75, 3.05) is 33.0 Å². The first kappa shape index (κ1) is 32.1. The Balaban J connectivity index is 2.65. The summed E-state index contributed by atoms with van der Waals surface area (Å²) >= 11 is 0. The van der Waals surface area contributed by atoms with E-state index in [-0.39, 0.29) is 56.5 Å². The van der Waals surface area contributed by atoms with E-state index < -0.39 is 11.5 Å². The van der Waals surface area contributed by atoms with Gasteiger partial charge in [0.25, 0.3) is 0 Å². The monoisotopic (exact) mass is 516 g/mol. The van der Waals surface area contributed by atoms with Crippen molar-refractivity contribution in [1.29, 1.82) is 0 Å². The van der Waals surface area contributed by atoms with Crippen LogP contribution in [0.5, 0.6) is 0 Å². The van der Waals surface area contributed by atoms with Gasteiger partial charge < -0.3 is 25.2 Å². The van der Waals surface area contributed by atoms with Crippen molar-refractivity contribution in [3.8, 4) is 0 Å². The lowest BCUT2D eigenvalue weighted by atomic mass is 9.94. The van der Waals surface area contributed by atoms with Crippen molar-refractivity contribution in [2.45, 2.75) is 57.9 Å². The Morgan fingerprint density at radius 3 is 2.46 bits per heavy atom. The molecule has 2 atom stereocenters. The fraction of sp³-hybridized carbons (Fsp3) is 0.552. The fourth-order valence-corrected chi connectivity index (χ4v) is 3.76. The van der Waals surface area contributed by atoms with Crippen molar-refractivity contribution in [3.05, 3.63) is 61.2 Å². The van der Waals surface area contributed by atoms with E-state index in [0.717, 1.165) is 18.4 Å². The van der Waals surface area contributed by atoms with Gasteiger partial charge in [-0.3, -0.25) is 14.4 Å². The second-order valence-corrected chi connectivity index (χ2v) is 9.70. The summed E-state index contributed by atoms with van der Waals surface area (Å²) in [6, 6.07) is 9.83. The number of nitrogens with one attached hydrogen (secondary N) is 2. The Kier molecular flexibility index (Phi) is 15.9. The lowest BCUT2D eigenvalue weighted by Gasteiger charge is -2.29. The van der Waals surface area contributed by atoms with Gasteiger partial charge in [-0.2, -0.15) is 0 Å². The molecular weight excluding hydrogens is 472 g/mol. The number of carbonyl (C=O) groups excluding carboxylic acids is 3. The van der Waals surface area contributed by atoms with E-state index in [2.05, 4.69) is 23.8 Å². The third-order valence-corrected chi connectivity index (χ3v) is 5.71. The molecule has 3 N–H and O–H groups in total. The average molecular weight is 517 g/mol. The zero-order valence-corrected chi connectivity index (χ0v) is 22.4. The van der Waals surface area contributed by atoms with Crippen molar-refractivity contribution in [2.24, 2.45) is 11.8 Å². The predicted octanol–water partition coefficient (Wildman–Crippen LogP) is 3.35. The Labute approximate surface area is 221 Å². The molecular formula is C29H44N2O6. The van der Waals surface area contributed by atoms with E-state index >= 15 is 0 Å². The van der Waals surface area contributed by atoms with Crippen LogP contribution in [0.4, 0.5) is 0 Å². The molecule has 1 rings (SSSR count). The maximum Gasteiger partial charge on any atom is 0.309 e. The molecule has 206 valence electrons. The molecule has 1 aromatic rings. The molecule has 2 amide bonds. The summed E-state index contributed by atoms with van der Waals surface area (Å²) in [6.45, 7) is 11.7. The summed E-state index contributed by atoms with van der Waals surface area (Å²) in [5.41, 5.74) is 0.250. The highest BCUT2D eigenvalue weighted by atomic mass is 16.5. The zero-order chi connectivity index (χ0) is 27.5. The SMILES string of the molecule is C=CCCC[C@H](Cc1ccccc1)C(=O)OCC(C)(C)NC(=O)[C@@H](CC=C)CC(=O)NCCOCCO. The number of carbonyl (C=O) groups is 3. The number of hydrogen-bond acceptors (Lipinski definition) is 6. The van der Waals surface area contributed by atoms with E-state index in [4.69, 9.17) is 14.6 Å². The lowest BCUT2D eigenvalue weighted by molar-refractivity contribution is -0.151. The van der Waals surface area contributed by atoms with E-state index in [9.17, 15) is 14.4 Å². The molecule has 0 heterocycles. The third kappa shape index (κ3) is 14.4. The van der Waals surface area contributed by atoms with Crippen molar-refractivity contribution in [1.82, 2.24) is 10.6 Å². The maximum atomic E-state index is 13.0. The average Bonchev–Trinajstić information content (AvgIpc) is 2.87. The largest absolute Gasteiger partial charge is 0.463 e. The van der Waals surface area contributed by atoms with Crippen LogP contribution < -0.4 is 10.6 Å². The van der Waals surface area contributed by atoms with Crippen LogP contribution in [0.1, 0.15) is 51.5 Å². The van der Waals surface area contributed by atoms with E-state index in [1.54, 1.807) is 19.9 Å². The molecule has 0 aliphatic carbocycles. The first-order valence-electron chi connectivity index (χ1n) is 12.9. The quantitative estimate of drug-likeness (QED) is 0.139. The smallest absolute Gasteiger partial charge is 0.309 e. The minimum atomic E-state index is -0.820.